The lowest BCUT2D eigenvalue weighted by Gasteiger charge is -2.11. The smallest absolute Gasteiger partial charge is 0.338 e. The highest BCUT2D eigenvalue weighted by molar-refractivity contribution is 7.92. The van der Waals surface area contributed by atoms with Crippen molar-refractivity contribution in [1.29, 1.82) is 0 Å². The van der Waals surface area contributed by atoms with E-state index in [0.717, 1.165) is 5.56 Å². The van der Waals surface area contributed by atoms with Gasteiger partial charge in [-0.15, -0.1) is 0 Å². The van der Waals surface area contributed by atoms with Gasteiger partial charge in [0, 0.05) is 10.7 Å². The van der Waals surface area contributed by atoms with Gasteiger partial charge in [0.1, 0.15) is 5.75 Å². The molecule has 8 nitrogen and oxygen atoms in total. The number of benzene rings is 3. The number of carbonyl (C=O) groups excluding carboxylic acids is 2. The summed E-state index contributed by atoms with van der Waals surface area (Å²) in [5.41, 5.74) is 1.59. The largest absolute Gasteiger partial charge is 0.495 e. The minimum atomic E-state index is -3.93. The number of methoxy groups -OCH3 is 1. The third-order valence-electron chi connectivity index (χ3n) is 4.42. The van der Waals surface area contributed by atoms with Crippen molar-refractivity contribution in [1.82, 2.24) is 0 Å². The zero-order valence-corrected chi connectivity index (χ0v) is 19.4. The summed E-state index contributed by atoms with van der Waals surface area (Å²) < 4.78 is 38.0. The van der Waals surface area contributed by atoms with E-state index in [4.69, 9.17) is 21.1 Å². The van der Waals surface area contributed by atoms with Crippen LogP contribution < -0.4 is 14.8 Å². The third-order valence-corrected chi connectivity index (χ3v) is 6.03. The molecular weight excluding hydrogens is 468 g/mol. The number of ether oxygens (including phenoxy) is 2. The van der Waals surface area contributed by atoms with Gasteiger partial charge in [-0.05, 0) is 61.0 Å². The van der Waals surface area contributed by atoms with Crippen LogP contribution in [0.5, 0.6) is 5.75 Å². The number of carbonyl (C=O) groups is 2. The predicted molar refractivity (Wildman–Crippen MR) is 125 cm³/mol. The molecular formula is C23H21ClN2O6S. The lowest BCUT2D eigenvalue weighted by molar-refractivity contribution is -0.119. The molecule has 3 aromatic carbocycles. The standard InChI is InChI=1S/C23H21ClN2O6S/c1-15-5-3-7-18(11-15)26-33(29,30)19-8-4-6-16(12-19)23(28)32-14-22(27)25-20-13-17(24)9-10-21(20)31-2/h3-13,26H,14H2,1-2H3,(H,25,27). The van der Waals surface area contributed by atoms with Crippen LogP contribution in [0.15, 0.2) is 71.6 Å². The van der Waals surface area contributed by atoms with Gasteiger partial charge >= 0.3 is 5.97 Å². The number of halogens is 1. The molecule has 0 aromatic heterocycles. The third kappa shape index (κ3) is 6.47. The van der Waals surface area contributed by atoms with Gasteiger partial charge in [0.15, 0.2) is 6.61 Å². The predicted octanol–water partition coefficient (Wildman–Crippen LogP) is 4.25. The molecule has 0 aliphatic heterocycles. The number of anilines is 2. The molecule has 172 valence electrons. The summed E-state index contributed by atoms with van der Waals surface area (Å²) in [5.74, 6) is -1.08. The molecule has 3 aromatic rings. The first-order valence-corrected chi connectivity index (χ1v) is 11.5. The first-order chi connectivity index (χ1) is 15.7. The van der Waals surface area contributed by atoms with Crippen molar-refractivity contribution >= 4 is 44.9 Å². The second kappa shape index (κ2) is 10.4. The average molecular weight is 489 g/mol. The molecule has 0 unspecified atom stereocenters. The number of aryl methyl sites for hydroxylation is 1. The Bertz CT molecular complexity index is 1290. The molecule has 0 aliphatic rings. The maximum absolute atomic E-state index is 12.7. The molecule has 0 fully saturated rings. The van der Waals surface area contributed by atoms with Gasteiger partial charge in [-0.25, -0.2) is 13.2 Å². The Kier molecular flexibility index (Phi) is 7.57. The van der Waals surface area contributed by atoms with Crippen molar-refractivity contribution in [3.63, 3.8) is 0 Å². The van der Waals surface area contributed by atoms with E-state index in [2.05, 4.69) is 10.0 Å². The highest BCUT2D eigenvalue weighted by Crippen LogP contribution is 2.27. The van der Waals surface area contributed by atoms with Gasteiger partial charge in [-0.1, -0.05) is 29.8 Å². The number of rotatable bonds is 8. The van der Waals surface area contributed by atoms with Crippen molar-refractivity contribution in [2.45, 2.75) is 11.8 Å². The van der Waals surface area contributed by atoms with Gasteiger partial charge in [0.25, 0.3) is 15.9 Å². The van der Waals surface area contributed by atoms with Crippen molar-refractivity contribution in [2.24, 2.45) is 0 Å². The zero-order chi connectivity index (χ0) is 24.0. The summed E-state index contributed by atoms with van der Waals surface area (Å²) in [4.78, 5) is 24.5. The molecule has 2 N–H and O–H groups in total. The molecule has 0 saturated heterocycles. The quantitative estimate of drug-likeness (QED) is 0.458. The first-order valence-electron chi connectivity index (χ1n) is 9.68. The molecule has 1 amide bonds. The Morgan fingerprint density at radius 2 is 1.76 bits per heavy atom. The van der Waals surface area contributed by atoms with E-state index in [1.54, 1.807) is 30.3 Å². The Morgan fingerprint density at radius 1 is 1.00 bits per heavy atom. The monoisotopic (exact) mass is 488 g/mol. The average Bonchev–Trinajstić information content (AvgIpc) is 2.77. The number of amides is 1. The maximum Gasteiger partial charge on any atom is 0.338 e. The van der Waals surface area contributed by atoms with Crippen LogP contribution in [0.2, 0.25) is 5.02 Å². The second-order valence-electron chi connectivity index (χ2n) is 6.97. The molecule has 0 atom stereocenters. The summed E-state index contributed by atoms with van der Waals surface area (Å²) in [7, 11) is -2.50. The van der Waals surface area contributed by atoms with E-state index in [1.807, 2.05) is 13.0 Å². The number of hydrogen-bond donors (Lipinski definition) is 2. The van der Waals surface area contributed by atoms with E-state index in [1.165, 1.54) is 37.4 Å². The molecule has 0 heterocycles. The van der Waals surface area contributed by atoms with E-state index in [-0.39, 0.29) is 10.5 Å². The van der Waals surface area contributed by atoms with Crippen LogP contribution in [0, 0.1) is 6.92 Å². The van der Waals surface area contributed by atoms with Gasteiger partial charge in [0.05, 0.1) is 23.3 Å². The lowest BCUT2D eigenvalue weighted by Crippen LogP contribution is -2.21. The number of esters is 1. The molecule has 10 heteroatoms. The number of hydrogen-bond acceptors (Lipinski definition) is 6. The van der Waals surface area contributed by atoms with E-state index in [0.29, 0.717) is 22.1 Å². The van der Waals surface area contributed by atoms with Crippen LogP contribution in [0.1, 0.15) is 15.9 Å². The van der Waals surface area contributed by atoms with Crippen molar-refractivity contribution in [3.05, 3.63) is 82.9 Å². The van der Waals surface area contributed by atoms with Gasteiger partial charge < -0.3 is 14.8 Å². The van der Waals surface area contributed by atoms with E-state index >= 15 is 0 Å². The molecule has 0 spiro atoms. The van der Waals surface area contributed by atoms with Crippen LogP contribution in [-0.4, -0.2) is 34.0 Å². The number of nitrogens with one attached hydrogen (secondary N) is 2. The first kappa shape index (κ1) is 24.1. The van der Waals surface area contributed by atoms with E-state index < -0.39 is 28.5 Å². The molecule has 33 heavy (non-hydrogen) atoms. The SMILES string of the molecule is COc1ccc(Cl)cc1NC(=O)COC(=O)c1cccc(S(=O)(=O)Nc2cccc(C)c2)c1. The summed E-state index contributed by atoms with van der Waals surface area (Å²) in [6.45, 7) is 1.25. The fourth-order valence-electron chi connectivity index (χ4n) is 2.89. The molecule has 0 aliphatic carbocycles. The summed E-state index contributed by atoms with van der Waals surface area (Å²) in [6, 6.07) is 16.9. The summed E-state index contributed by atoms with van der Waals surface area (Å²) >= 11 is 5.93. The van der Waals surface area contributed by atoms with Crippen LogP contribution in [-0.2, 0) is 19.6 Å². The van der Waals surface area contributed by atoms with Gasteiger partial charge in [-0.3, -0.25) is 9.52 Å². The number of sulfonamides is 1. The van der Waals surface area contributed by atoms with Gasteiger partial charge in [-0.2, -0.15) is 0 Å². The fraction of sp³-hybridized carbons (Fsp3) is 0.130. The zero-order valence-electron chi connectivity index (χ0n) is 17.8. The molecule has 0 radical (unpaired) electrons. The topological polar surface area (TPSA) is 111 Å². The highest BCUT2D eigenvalue weighted by atomic mass is 35.5. The molecule has 0 saturated carbocycles. The van der Waals surface area contributed by atoms with Crippen LogP contribution in [0.25, 0.3) is 0 Å². The van der Waals surface area contributed by atoms with Gasteiger partial charge in [0.2, 0.25) is 0 Å². The molecule has 3 rings (SSSR count). The van der Waals surface area contributed by atoms with Crippen LogP contribution >= 0.6 is 11.6 Å². The Labute approximate surface area is 196 Å². The minimum absolute atomic E-state index is 0.0183. The van der Waals surface area contributed by atoms with E-state index in [9.17, 15) is 18.0 Å². The normalized spacial score (nSPS) is 10.9. The van der Waals surface area contributed by atoms with Crippen molar-refractivity contribution in [2.75, 3.05) is 23.8 Å². The van der Waals surface area contributed by atoms with Crippen molar-refractivity contribution < 1.29 is 27.5 Å². The second-order valence-corrected chi connectivity index (χ2v) is 9.09. The Morgan fingerprint density at radius 3 is 2.48 bits per heavy atom. The fourth-order valence-corrected chi connectivity index (χ4v) is 4.16. The summed E-state index contributed by atoms with van der Waals surface area (Å²) in [6.07, 6.45) is 0. The van der Waals surface area contributed by atoms with Crippen LogP contribution in [0.4, 0.5) is 11.4 Å². The van der Waals surface area contributed by atoms with Crippen LogP contribution in [0.3, 0.4) is 0 Å². The van der Waals surface area contributed by atoms with Crippen molar-refractivity contribution in [3.8, 4) is 5.75 Å². The Hall–Kier alpha value is -3.56. The highest BCUT2D eigenvalue weighted by Gasteiger charge is 2.18. The minimum Gasteiger partial charge on any atom is -0.495 e. The lowest BCUT2D eigenvalue weighted by atomic mass is 10.2. The maximum atomic E-state index is 12.7. The molecule has 0 bridgehead atoms. The Balaban J connectivity index is 1.66. The summed E-state index contributed by atoms with van der Waals surface area (Å²) in [5, 5.41) is 2.93.